The highest BCUT2D eigenvalue weighted by atomic mass is 32.2. The van der Waals surface area contributed by atoms with Gasteiger partial charge in [-0.05, 0) is 36.4 Å². The Labute approximate surface area is 104 Å². The highest BCUT2D eigenvalue weighted by Gasteiger charge is 2.31. The van der Waals surface area contributed by atoms with Crippen molar-refractivity contribution in [2.24, 2.45) is 0 Å². The van der Waals surface area contributed by atoms with E-state index < -0.39 is 34.2 Å². The second-order valence-electron chi connectivity index (χ2n) is 3.60. The first-order chi connectivity index (χ1) is 8.19. The van der Waals surface area contributed by atoms with Crippen molar-refractivity contribution in [1.82, 2.24) is 0 Å². The Morgan fingerprint density at radius 1 is 1.33 bits per heavy atom. The maximum atomic E-state index is 12.7. The Bertz CT molecular complexity index is 442. The molecule has 0 bridgehead atoms. The van der Waals surface area contributed by atoms with Gasteiger partial charge in [-0.3, -0.25) is 4.79 Å². The van der Waals surface area contributed by atoms with Crippen LogP contribution in [0.1, 0.15) is 24.5 Å². The van der Waals surface area contributed by atoms with E-state index in [-0.39, 0.29) is 17.8 Å². The molecule has 0 amide bonds. The lowest BCUT2D eigenvalue weighted by atomic mass is 10.1. The van der Waals surface area contributed by atoms with Crippen LogP contribution >= 0.6 is 11.8 Å². The van der Waals surface area contributed by atoms with Gasteiger partial charge in [0, 0.05) is 16.9 Å². The fourth-order valence-corrected chi connectivity index (χ4v) is 2.03. The fourth-order valence-electron chi connectivity index (χ4n) is 1.38. The van der Waals surface area contributed by atoms with E-state index in [2.05, 4.69) is 0 Å². The molecule has 0 aliphatic heterocycles. The van der Waals surface area contributed by atoms with Gasteiger partial charge in [0.1, 0.15) is 5.78 Å². The number of Topliss-reactive ketones (excluding diaryl/α,β-unsaturated/α-hetero) is 1. The molecule has 0 spiro atoms. The molecular formula is C11H9F5OS. The standard InChI is InChI=1S/C11H9F5OS/c1-6(17)4-7-2-3-9(18-11(14,15)16)8(5-7)10(12)13/h2-3,5,10H,4H2,1H3. The van der Waals surface area contributed by atoms with Crippen molar-refractivity contribution in [1.29, 1.82) is 0 Å². The van der Waals surface area contributed by atoms with Gasteiger partial charge >= 0.3 is 5.51 Å². The number of hydrogen-bond acceptors (Lipinski definition) is 2. The average Bonchev–Trinajstić information content (AvgIpc) is 2.17. The van der Waals surface area contributed by atoms with Crippen LogP contribution in [0, 0.1) is 0 Å². The highest BCUT2D eigenvalue weighted by molar-refractivity contribution is 8.00. The summed E-state index contributed by atoms with van der Waals surface area (Å²) in [5.74, 6) is -0.244. The van der Waals surface area contributed by atoms with Crippen molar-refractivity contribution in [3.05, 3.63) is 29.3 Å². The first-order valence-corrected chi connectivity index (χ1v) is 5.67. The van der Waals surface area contributed by atoms with Gasteiger partial charge in [0.05, 0.1) is 0 Å². The Morgan fingerprint density at radius 2 is 1.94 bits per heavy atom. The number of carbonyl (C=O) groups excluding carboxylic acids is 1. The molecule has 0 saturated heterocycles. The SMILES string of the molecule is CC(=O)Cc1ccc(SC(F)(F)F)c(C(F)F)c1. The molecule has 0 saturated carbocycles. The number of carbonyl (C=O) groups is 1. The van der Waals surface area contributed by atoms with Crippen LogP contribution in [0.5, 0.6) is 0 Å². The Hall–Kier alpha value is -1.11. The van der Waals surface area contributed by atoms with Gasteiger partial charge < -0.3 is 0 Å². The molecule has 1 nitrogen and oxygen atoms in total. The van der Waals surface area contributed by atoms with Crippen LogP contribution < -0.4 is 0 Å². The number of rotatable bonds is 4. The van der Waals surface area contributed by atoms with Crippen LogP contribution in [0.25, 0.3) is 0 Å². The molecular weight excluding hydrogens is 275 g/mol. The number of hydrogen-bond donors (Lipinski definition) is 0. The van der Waals surface area contributed by atoms with Gasteiger partial charge in [-0.15, -0.1) is 0 Å². The van der Waals surface area contributed by atoms with Crippen LogP contribution in [-0.2, 0) is 11.2 Å². The third-order valence-corrected chi connectivity index (χ3v) is 2.81. The van der Waals surface area contributed by atoms with Crippen molar-refractivity contribution in [3.8, 4) is 0 Å². The molecule has 18 heavy (non-hydrogen) atoms. The number of halogens is 5. The normalized spacial score (nSPS) is 11.9. The van der Waals surface area contributed by atoms with Crippen molar-refractivity contribution < 1.29 is 26.7 Å². The van der Waals surface area contributed by atoms with Gasteiger partial charge in [0.15, 0.2) is 0 Å². The molecule has 1 rings (SSSR count). The third kappa shape index (κ3) is 4.64. The minimum absolute atomic E-state index is 0.0727. The number of thioether (sulfide) groups is 1. The summed E-state index contributed by atoms with van der Waals surface area (Å²) < 4.78 is 61.8. The predicted molar refractivity (Wildman–Crippen MR) is 57.7 cm³/mol. The van der Waals surface area contributed by atoms with Crippen molar-refractivity contribution in [2.75, 3.05) is 0 Å². The molecule has 100 valence electrons. The summed E-state index contributed by atoms with van der Waals surface area (Å²) in [5.41, 5.74) is -5.04. The zero-order valence-corrected chi connectivity index (χ0v) is 10.0. The quantitative estimate of drug-likeness (QED) is 0.603. The van der Waals surface area contributed by atoms with E-state index in [0.717, 1.165) is 12.1 Å². The molecule has 0 radical (unpaired) electrons. The molecule has 1 aromatic rings. The maximum absolute atomic E-state index is 12.7. The van der Waals surface area contributed by atoms with Crippen LogP contribution in [0.4, 0.5) is 22.0 Å². The summed E-state index contributed by atoms with van der Waals surface area (Å²) in [4.78, 5) is 10.3. The highest BCUT2D eigenvalue weighted by Crippen LogP contribution is 2.41. The van der Waals surface area contributed by atoms with E-state index in [1.54, 1.807) is 0 Å². The second-order valence-corrected chi connectivity index (χ2v) is 4.71. The molecule has 0 aliphatic carbocycles. The van der Waals surface area contributed by atoms with Gasteiger partial charge in [0.2, 0.25) is 0 Å². The summed E-state index contributed by atoms with van der Waals surface area (Å²) in [6, 6.07) is 3.17. The maximum Gasteiger partial charge on any atom is 0.446 e. The van der Waals surface area contributed by atoms with E-state index in [4.69, 9.17) is 0 Å². The minimum atomic E-state index is -4.62. The third-order valence-electron chi connectivity index (χ3n) is 1.99. The summed E-state index contributed by atoms with van der Waals surface area (Å²) in [6.45, 7) is 1.28. The van der Waals surface area contributed by atoms with E-state index in [0.29, 0.717) is 0 Å². The first-order valence-electron chi connectivity index (χ1n) is 4.85. The molecule has 0 N–H and O–H groups in total. The Balaban J connectivity index is 3.08. The largest absolute Gasteiger partial charge is 0.446 e. The predicted octanol–water partition coefficient (Wildman–Crippen LogP) is 4.37. The van der Waals surface area contributed by atoms with Gasteiger partial charge in [0.25, 0.3) is 6.43 Å². The summed E-state index contributed by atoms with van der Waals surface area (Å²) in [6.07, 6.45) is -3.08. The zero-order valence-electron chi connectivity index (χ0n) is 9.22. The second kappa shape index (κ2) is 5.69. The molecule has 1 aromatic carbocycles. The number of benzene rings is 1. The van der Waals surface area contributed by atoms with E-state index in [1.807, 2.05) is 0 Å². The van der Waals surface area contributed by atoms with E-state index in [9.17, 15) is 26.7 Å². The Morgan fingerprint density at radius 3 is 2.39 bits per heavy atom. The lowest BCUT2D eigenvalue weighted by Crippen LogP contribution is -2.03. The summed E-state index contributed by atoms with van der Waals surface area (Å²) in [5, 5.41) is 0. The van der Waals surface area contributed by atoms with E-state index in [1.165, 1.54) is 13.0 Å². The summed E-state index contributed by atoms with van der Waals surface area (Å²) >= 11 is -0.582. The van der Waals surface area contributed by atoms with Crippen LogP contribution in [-0.4, -0.2) is 11.3 Å². The van der Waals surface area contributed by atoms with Crippen molar-refractivity contribution >= 4 is 17.5 Å². The van der Waals surface area contributed by atoms with E-state index >= 15 is 0 Å². The van der Waals surface area contributed by atoms with Gasteiger partial charge in [-0.25, -0.2) is 8.78 Å². The molecule has 7 heteroatoms. The van der Waals surface area contributed by atoms with Crippen molar-refractivity contribution in [2.45, 2.75) is 30.2 Å². The monoisotopic (exact) mass is 284 g/mol. The summed E-state index contributed by atoms with van der Waals surface area (Å²) in [7, 11) is 0. The smallest absolute Gasteiger partial charge is 0.300 e. The van der Waals surface area contributed by atoms with Crippen LogP contribution in [0.2, 0.25) is 0 Å². The fraction of sp³-hybridized carbons (Fsp3) is 0.364. The molecule has 0 atom stereocenters. The van der Waals surface area contributed by atoms with Crippen LogP contribution in [0.15, 0.2) is 23.1 Å². The van der Waals surface area contributed by atoms with Crippen molar-refractivity contribution in [3.63, 3.8) is 0 Å². The lowest BCUT2D eigenvalue weighted by molar-refractivity contribution is -0.116. The van der Waals surface area contributed by atoms with Gasteiger partial charge in [-0.2, -0.15) is 13.2 Å². The van der Waals surface area contributed by atoms with Crippen LogP contribution in [0.3, 0.4) is 0 Å². The minimum Gasteiger partial charge on any atom is -0.300 e. The lowest BCUT2D eigenvalue weighted by Gasteiger charge is -2.12. The Kier molecular flexibility index (Phi) is 4.72. The topological polar surface area (TPSA) is 17.1 Å². The zero-order chi connectivity index (χ0) is 13.9. The molecule has 0 heterocycles. The molecule has 0 aromatic heterocycles. The number of alkyl halides is 5. The number of ketones is 1. The average molecular weight is 284 g/mol. The van der Waals surface area contributed by atoms with Gasteiger partial charge in [-0.1, -0.05) is 6.07 Å². The first kappa shape index (κ1) is 14.9. The molecule has 0 unspecified atom stereocenters. The molecule has 0 fully saturated rings. The molecule has 0 aliphatic rings.